The van der Waals surface area contributed by atoms with E-state index in [0.717, 1.165) is 0 Å². The number of hydrogen-bond donors (Lipinski definition) is 2. The predicted octanol–water partition coefficient (Wildman–Crippen LogP) is 0.682. The number of esters is 1. The number of carbonyl (C=O) groups is 3. The molecule has 0 radical (unpaired) electrons. The molecule has 116 valence electrons. The zero-order valence-electron chi connectivity index (χ0n) is 12.1. The van der Waals surface area contributed by atoms with E-state index in [0.29, 0.717) is 17.9 Å². The van der Waals surface area contributed by atoms with E-state index in [1.54, 1.807) is 13.8 Å². The number of carboxylic acids is 1. The Bertz CT molecular complexity index is 537. The van der Waals surface area contributed by atoms with Crippen molar-refractivity contribution in [2.75, 3.05) is 7.11 Å². The lowest BCUT2D eigenvalue weighted by molar-refractivity contribution is -0.142. The average molecular weight is 298 g/mol. The Kier molecular flexibility index (Phi) is 5.89. The average Bonchev–Trinajstić information content (AvgIpc) is 2.83. The van der Waals surface area contributed by atoms with Crippen LogP contribution in [0.1, 0.15) is 41.6 Å². The minimum absolute atomic E-state index is 0.0560. The molecule has 0 bridgehead atoms. The van der Waals surface area contributed by atoms with Gasteiger partial charge in [0.15, 0.2) is 0 Å². The van der Waals surface area contributed by atoms with Crippen molar-refractivity contribution in [1.29, 1.82) is 0 Å². The maximum absolute atomic E-state index is 12.1. The first-order valence-electron chi connectivity index (χ1n) is 6.46. The molecule has 0 unspecified atom stereocenters. The number of rotatable bonds is 7. The van der Waals surface area contributed by atoms with Gasteiger partial charge in [0.1, 0.15) is 17.4 Å². The summed E-state index contributed by atoms with van der Waals surface area (Å²) < 4.78 is 9.38. The summed E-state index contributed by atoms with van der Waals surface area (Å²) in [6.45, 7) is 3.38. The highest BCUT2D eigenvalue weighted by Crippen LogP contribution is 2.14. The van der Waals surface area contributed by atoms with Crippen molar-refractivity contribution in [2.45, 2.75) is 39.2 Å². The fraction of sp³-hybridized carbons (Fsp3) is 0.538. The van der Waals surface area contributed by atoms with E-state index in [2.05, 4.69) is 15.2 Å². The fourth-order valence-corrected chi connectivity index (χ4v) is 1.80. The van der Waals surface area contributed by atoms with E-state index in [-0.39, 0.29) is 18.4 Å². The van der Waals surface area contributed by atoms with Gasteiger partial charge in [-0.2, -0.15) is 0 Å². The Morgan fingerprint density at radius 1 is 1.43 bits per heavy atom. The molecule has 21 heavy (non-hydrogen) atoms. The molecule has 1 amide bonds. The molecule has 0 saturated heterocycles. The van der Waals surface area contributed by atoms with Gasteiger partial charge in [-0.15, -0.1) is 0 Å². The van der Waals surface area contributed by atoms with Crippen LogP contribution in [-0.4, -0.2) is 41.3 Å². The van der Waals surface area contributed by atoms with Gasteiger partial charge in [0, 0.05) is 6.42 Å². The van der Waals surface area contributed by atoms with Crippen molar-refractivity contribution in [3.05, 3.63) is 17.0 Å². The molecule has 1 rings (SSSR count). The van der Waals surface area contributed by atoms with Gasteiger partial charge in [-0.1, -0.05) is 12.1 Å². The smallest absolute Gasteiger partial charge is 0.326 e. The van der Waals surface area contributed by atoms with Crippen molar-refractivity contribution in [2.24, 2.45) is 0 Å². The van der Waals surface area contributed by atoms with Crippen molar-refractivity contribution < 1.29 is 28.8 Å². The molecule has 2 N–H and O–H groups in total. The third-order valence-corrected chi connectivity index (χ3v) is 2.96. The van der Waals surface area contributed by atoms with Crippen LogP contribution in [0.4, 0.5) is 0 Å². The molecule has 1 aromatic heterocycles. The van der Waals surface area contributed by atoms with E-state index >= 15 is 0 Å². The number of nitrogens with one attached hydrogen (secondary N) is 1. The second-order valence-corrected chi connectivity index (χ2v) is 4.39. The van der Waals surface area contributed by atoms with E-state index in [1.165, 1.54) is 7.11 Å². The summed E-state index contributed by atoms with van der Waals surface area (Å²) in [6, 6.07) is -1.18. The van der Waals surface area contributed by atoms with Crippen LogP contribution in [0.25, 0.3) is 0 Å². The van der Waals surface area contributed by atoms with Gasteiger partial charge in [0.25, 0.3) is 5.91 Å². The van der Waals surface area contributed by atoms with Crippen LogP contribution in [0.5, 0.6) is 0 Å². The number of amides is 1. The molecular formula is C13H18N2O6. The number of aliphatic carboxylic acids is 1. The SMILES string of the molecule is CCc1noc(C)c1C(=O)N[C@@H](CCC(=O)OC)C(=O)O. The third-order valence-electron chi connectivity index (χ3n) is 2.96. The quantitative estimate of drug-likeness (QED) is 0.710. The lowest BCUT2D eigenvalue weighted by atomic mass is 10.1. The maximum Gasteiger partial charge on any atom is 0.326 e. The number of carboxylic acid groups (broad SMARTS) is 1. The van der Waals surface area contributed by atoms with Crippen LogP contribution in [0.15, 0.2) is 4.52 Å². The van der Waals surface area contributed by atoms with Crippen LogP contribution >= 0.6 is 0 Å². The second kappa shape index (κ2) is 7.41. The van der Waals surface area contributed by atoms with Crippen LogP contribution in [0, 0.1) is 6.92 Å². The molecule has 0 fully saturated rings. The molecule has 0 aliphatic carbocycles. The summed E-state index contributed by atoms with van der Waals surface area (Å²) in [6.07, 6.45) is 0.330. The Hall–Kier alpha value is -2.38. The Balaban J connectivity index is 2.79. The molecule has 0 saturated carbocycles. The molecule has 1 heterocycles. The lowest BCUT2D eigenvalue weighted by Crippen LogP contribution is -2.41. The molecule has 0 aromatic carbocycles. The first-order chi connectivity index (χ1) is 9.90. The molecular weight excluding hydrogens is 280 g/mol. The number of ether oxygens (including phenoxy) is 1. The van der Waals surface area contributed by atoms with E-state index in [1.807, 2.05) is 0 Å². The summed E-state index contributed by atoms with van der Waals surface area (Å²) in [5.41, 5.74) is 0.698. The number of hydrogen-bond acceptors (Lipinski definition) is 6. The number of nitrogens with zero attached hydrogens (tertiary/aromatic N) is 1. The van der Waals surface area contributed by atoms with Gasteiger partial charge in [0.2, 0.25) is 0 Å². The van der Waals surface area contributed by atoms with Gasteiger partial charge in [-0.25, -0.2) is 4.79 Å². The normalized spacial score (nSPS) is 11.8. The maximum atomic E-state index is 12.1. The Morgan fingerprint density at radius 2 is 2.10 bits per heavy atom. The van der Waals surface area contributed by atoms with Gasteiger partial charge >= 0.3 is 11.9 Å². The zero-order chi connectivity index (χ0) is 16.0. The van der Waals surface area contributed by atoms with Crippen molar-refractivity contribution in [3.63, 3.8) is 0 Å². The van der Waals surface area contributed by atoms with Crippen LogP contribution < -0.4 is 5.32 Å². The van der Waals surface area contributed by atoms with Gasteiger partial charge in [-0.3, -0.25) is 9.59 Å². The summed E-state index contributed by atoms with van der Waals surface area (Å²) >= 11 is 0. The second-order valence-electron chi connectivity index (χ2n) is 4.39. The highest BCUT2D eigenvalue weighted by Gasteiger charge is 2.25. The highest BCUT2D eigenvalue weighted by atomic mass is 16.5. The highest BCUT2D eigenvalue weighted by molar-refractivity contribution is 5.98. The molecule has 0 spiro atoms. The van der Waals surface area contributed by atoms with Gasteiger partial charge in [-0.05, 0) is 19.8 Å². The van der Waals surface area contributed by atoms with Crippen LogP contribution in [-0.2, 0) is 20.7 Å². The number of aromatic nitrogens is 1. The summed E-state index contributed by atoms with van der Waals surface area (Å²) in [5, 5.41) is 15.2. The van der Waals surface area contributed by atoms with Crippen molar-refractivity contribution in [1.82, 2.24) is 10.5 Å². The van der Waals surface area contributed by atoms with Gasteiger partial charge in [0.05, 0.1) is 12.8 Å². The topological polar surface area (TPSA) is 119 Å². The van der Waals surface area contributed by atoms with Crippen molar-refractivity contribution in [3.8, 4) is 0 Å². The summed E-state index contributed by atoms with van der Waals surface area (Å²) in [4.78, 5) is 34.3. The Morgan fingerprint density at radius 3 is 2.62 bits per heavy atom. The standard InChI is InChI=1S/C13H18N2O6/c1-4-8-11(7(2)21-15-8)12(17)14-9(13(18)19)5-6-10(16)20-3/h9H,4-6H2,1-3H3,(H,14,17)(H,18,19)/t9-/m0/s1. The monoisotopic (exact) mass is 298 g/mol. The Labute approximate surface area is 121 Å². The summed E-state index contributed by atoms with van der Waals surface area (Å²) in [7, 11) is 1.21. The van der Waals surface area contributed by atoms with E-state index in [9.17, 15) is 14.4 Å². The number of methoxy groups -OCH3 is 1. The molecule has 0 aliphatic rings. The third kappa shape index (κ3) is 4.30. The minimum Gasteiger partial charge on any atom is -0.480 e. The molecule has 8 heteroatoms. The lowest BCUT2D eigenvalue weighted by Gasteiger charge is -2.13. The summed E-state index contributed by atoms with van der Waals surface area (Å²) in [5.74, 6) is -2.02. The van der Waals surface area contributed by atoms with Crippen LogP contribution in [0.3, 0.4) is 0 Å². The first-order valence-corrected chi connectivity index (χ1v) is 6.46. The molecule has 8 nitrogen and oxygen atoms in total. The number of carbonyl (C=O) groups excluding carboxylic acids is 2. The first kappa shape index (κ1) is 16.7. The molecule has 0 aliphatic heterocycles. The fourth-order valence-electron chi connectivity index (χ4n) is 1.80. The molecule has 1 aromatic rings. The largest absolute Gasteiger partial charge is 0.480 e. The number of aryl methyl sites for hydroxylation is 2. The zero-order valence-corrected chi connectivity index (χ0v) is 12.1. The predicted molar refractivity (Wildman–Crippen MR) is 70.8 cm³/mol. The van der Waals surface area contributed by atoms with Crippen LogP contribution in [0.2, 0.25) is 0 Å². The van der Waals surface area contributed by atoms with E-state index < -0.39 is 23.9 Å². The van der Waals surface area contributed by atoms with Gasteiger partial charge < -0.3 is 19.7 Å². The van der Waals surface area contributed by atoms with E-state index in [4.69, 9.17) is 9.63 Å². The minimum atomic E-state index is -1.22. The molecule has 1 atom stereocenters. The van der Waals surface area contributed by atoms with Crippen molar-refractivity contribution >= 4 is 17.8 Å².